The van der Waals surface area contributed by atoms with Crippen molar-refractivity contribution in [3.05, 3.63) is 42.0 Å². The minimum Gasteiger partial charge on any atom is -0.481 e. The first kappa shape index (κ1) is 12.1. The van der Waals surface area contributed by atoms with E-state index in [1.165, 1.54) is 6.92 Å². The van der Waals surface area contributed by atoms with Crippen molar-refractivity contribution >= 4 is 28.3 Å². The lowest BCUT2D eigenvalue weighted by Gasteiger charge is -2.05. The van der Waals surface area contributed by atoms with Crippen LogP contribution in [-0.2, 0) is 16.0 Å². The summed E-state index contributed by atoms with van der Waals surface area (Å²) in [6, 6.07) is 11.0. The van der Waals surface area contributed by atoms with Crippen LogP contribution in [0.25, 0.3) is 10.8 Å². The maximum Gasteiger partial charge on any atom is 0.307 e. The van der Waals surface area contributed by atoms with Crippen LogP contribution in [0.4, 0.5) is 5.69 Å². The van der Waals surface area contributed by atoms with Crippen molar-refractivity contribution in [3.8, 4) is 0 Å². The van der Waals surface area contributed by atoms with Crippen molar-refractivity contribution in [2.24, 2.45) is 0 Å². The Morgan fingerprint density at radius 1 is 1.11 bits per heavy atom. The van der Waals surface area contributed by atoms with Crippen LogP contribution in [-0.4, -0.2) is 17.0 Å². The number of hydrogen-bond donors (Lipinski definition) is 2. The van der Waals surface area contributed by atoms with Gasteiger partial charge in [-0.25, -0.2) is 0 Å². The average molecular weight is 243 g/mol. The Morgan fingerprint density at radius 3 is 2.44 bits per heavy atom. The highest BCUT2D eigenvalue weighted by Gasteiger charge is 2.03. The number of rotatable bonds is 3. The zero-order chi connectivity index (χ0) is 13.1. The van der Waals surface area contributed by atoms with Crippen molar-refractivity contribution in [3.63, 3.8) is 0 Å². The molecule has 0 aliphatic rings. The molecule has 0 aromatic heterocycles. The molecule has 0 radical (unpaired) electrons. The molecule has 0 unspecified atom stereocenters. The Morgan fingerprint density at radius 2 is 1.78 bits per heavy atom. The molecule has 0 aliphatic carbocycles. The third-order valence-corrected chi connectivity index (χ3v) is 2.58. The normalized spacial score (nSPS) is 10.3. The fourth-order valence-electron chi connectivity index (χ4n) is 1.86. The van der Waals surface area contributed by atoms with E-state index in [0.29, 0.717) is 0 Å². The third-order valence-electron chi connectivity index (χ3n) is 2.58. The zero-order valence-electron chi connectivity index (χ0n) is 9.93. The second kappa shape index (κ2) is 4.87. The van der Waals surface area contributed by atoms with E-state index in [0.717, 1.165) is 22.0 Å². The number of benzene rings is 2. The molecule has 0 saturated carbocycles. The van der Waals surface area contributed by atoms with Crippen LogP contribution >= 0.6 is 0 Å². The number of carbonyl (C=O) groups is 2. The summed E-state index contributed by atoms with van der Waals surface area (Å²) >= 11 is 0. The lowest BCUT2D eigenvalue weighted by atomic mass is 10.0. The molecule has 18 heavy (non-hydrogen) atoms. The standard InChI is InChI=1S/C14H13NO3/c1-9(16)15-13-5-4-11-6-10(7-14(17)18)2-3-12(11)8-13/h2-6,8H,7H2,1H3,(H,15,16)(H,17,18). The van der Waals surface area contributed by atoms with Gasteiger partial charge in [-0.2, -0.15) is 0 Å². The summed E-state index contributed by atoms with van der Waals surface area (Å²) in [6.07, 6.45) is 0.0172. The number of aliphatic carboxylic acids is 1. The highest BCUT2D eigenvalue weighted by atomic mass is 16.4. The van der Waals surface area contributed by atoms with Gasteiger partial charge in [0.15, 0.2) is 0 Å². The Balaban J connectivity index is 2.35. The van der Waals surface area contributed by atoms with Crippen molar-refractivity contribution in [2.45, 2.75) is 13.3 Å². The van der Waals surface area contributed by atoms with Crippen LogP contribution in [0.5, 0.6) is 0 Å². The summed E-state index contributed by atoms with van der Waals surface area (Å²) in [5.41, 5.74) is 1.50. The minimum absolute atomic E-state index is 0.0172. The Hall–Kier alpha value is -2.36. The van der Waals surface area contributed by atoms with E-state index in [1.807, 2.05) is 24.3 Å². The molecule has 2 aromatic carbocycles. The molecule has 4 nitrogen and oxygen atoms in total. The lowest BCUT2D eigenvalue weighted by Crippen LogP contribution is -2.05. The maximum absolute atomic E-state index is 10.9. The van der Waals surface area contributed by atoms with Crippen molar-refractivity contribution in [2.75, 3.05) is 5.32 Å². The molecule has 2 aromatic rings. The van der Waals surface area contributed by atoms with E-state index in [-0.39, 0.29) is 12.3 Å². The van der Waals surface area contributed by atoms with Gasteiger partial charge in [0.05, 0.1) is 6.42 Å². The molecule has 0 saturated heterocycles. The van der Waals surface area contributed by atoms with Gasteiger partial charge < -0.3 is 10.4 Å². The molecule has 4 heteroatoms. The smallest absolute Gasteiger partial charge is 0.307 e. The second-order valence-electron chi connectivity index (χ2n) is 4.15. The van der Waals surface area contributed by atoms with Crippen molar-refractivity contribution < 1.29 is 14.7 Å². The summed E-state index contributed by atoms with van der Waals surface area (Å²) in [5.74, 6) is -0.957. The summed E-state index contributed by atoms with van der Waals surface area (Å²) < 4.78 is 0. The molecule has 0 fully saturated rings. The molecule has 0 bridgehead atoms. The number of amides is 1. The van der Waals surface area contributed by atoms with Gasteiger partial charge in [-0.05, 0) is 28.5 Å². The number of carboxylic acids is 1. The van der Waals surface area contributed by atoms with Gasteiger partial charge in [0, 0.05) is 12.6 Å². The van der Waals surface area contributed by atoms with Crippen LogP contribution in [0.3, 0.4) is 0 Å². The maximum atomic E-state index is 10.9. The highest BCUT2D eigenvalue weighted by Crippen LogP contribution is 2.21. The van der Waals surface area contributed by atoms with Gasteiger partial charge in [-0.15, -0.1) is 0 Å². The molecule has 2 N–H and O–H groups in total. The van der Waals surface area contributed by atoms with Gasteiger partial charge in [-0.1, -0.05) is 24.3 Å². The first-order valence-electron chi connectivity index (χ1n) is 5.57. The molecule has 0 aliphatic heterocycles. The Kier molecular flexibility index (Phi) is 3.28. The van der Waals surface area contributed by atoms with Gasteiger partial charge in [0.1, 0.15) is 0 Å². The van der Waals surface area contributed by atoms with Crippen molar-refractivity contribution in [1.29, 1.82) is 0 Å². The van der Waals surface area contributed by atoms with Gasteiger partial charge in [0.25, 0.3) is 0 Å². The van der Waals surface area contributed by atoms with Crippen LogP contribution < -0.4 is 5.32 Å². The van der Waals surface area contributed by atoms with E-state index >= 15 is 0 Å². The summed E-state index contributed by atoms with van der Waals surface area (Å²) in [6.45, 7) is 1.46. The number of fused-ring (bicyclic) bond motifs is 1. The molecule has 2 rings (SSSR count). The van der Waals surface area contributed by atoms with Gasteiger partial charge in [0.2, 0.25) is 5.91 Å². The van der Waals surface area contributed by atoms with Crippen LogP contribution in [0, 0.1) is 0 Å². The fraction of sp³-hybridized carbons (Fsp3) is 0.143. The Bertz CT molecular complexity index is 564. The van der Waals surface area contributed by atoms with E-state index in [2.05, 4.69) is 5.32 Å². The largest absolute Gasteiger partial charge is 0.481 e. The number of hydrogen-bond acceptors (Lipinski definition) is 2. The second-order valence-corrected chi connectivity index (χ2v) is 4.15. The van der Waals surface area contributed by atoms with Crippen LogP contribution in [0.1, 0.15) is 12.5 Å². The van der Waals surface area contributed by atoms with E-state index < -0.39 is 5.97 Å². The van der Waals surface area contributed by atoms with E-state index in [9.17, 15) is 9.59 Å². The highest BCUT2D eigenvalue weighted by molar-refractivity contribution is 5.93. The SMILES string of the molecule is CC(=O)Nc1ccc2cc(CC(=O)O)ccc2c1. The molecule has 92 valence electrons. The number of anilines is 1. The molecule has 0 atom stereocenters. The summed E-state index contributed by atoms with van der Waals surface area (Å²) in [5, 5.41) is 13.4. The van der Waals surface area contributed by atoms with Gasteiger partial charge >= 0.3 is 5.97 Å². The lowest BCUT2D eigenvalue weighted by molar-refractivity contribution is -0.136. The topological polar surface area (TPSA) is 66.4 Å². The summed E-state index contributed by atoms with van der Waals surface area (Å²) in [4.78, 5) is 21.6. The first-order chi connectivity index (χ1) is 8.54. The molecule has 1 amide bonds. The number of carboxylic acid groups (broad SMARTS) is 1. The minimum atomic E-state index is -0.843. The van der Waals surface area contributed by atoms with E-state index in [4.69, 9.17) is 5.11 Å². The number of carbonyl (C=O) groups excluding carboxylic acids is 1. The zero-order valence-corrected chi connectivity index (χ0v) is 9.93. The molecule has 0 heterocycles. The molecular weight excluding hydrogens is 230 g/mol. The van der Waals surface area contributed by atoms with Gasteiger partial charge in [-0.3, -0.25) is 9.59 Å². The fourth-order valence-corrected chi connectivity index (χ4v) is 1.86. The first-order valence-corrected chi connectivity index (χ1v) is 5.57. The predicted octanol–water partition coefficient (Wildman–Crippen LogP) is 2.43. The quantitative estimate of drug-likeness (QED) is 0.870. The third kappa shape index (κ3) is 2.85. The Labute approximate surface area is 104 Å². The molecule has 0 spiro atoms. The average Bonchev–Trinajstić information content (AvgIpc) is 2.27. The van der Waals surface area contributed by atoms with Crippen LogP contribution in [0.2, 0.25) is 0 Å². The van der Waals surface area contributed by atoms with Crippen molar-refractivity contribution in [1.82, 2.24) is 0 Å². The summed E-state index contributed by atoms with van der Waals surface area (Å²) in [7, 11) is 0. The number of nitrogens with one attached hydrogen (secondary N) is 1. The monoisotopic (exact) mass is 243 g/mol. The molecular formula is C14H13NO3. The van der Waals surface area contributed by atoms with Crippen LogP contribution in [0.15, 0.2) is 36.4 Å². The van der Waals surface area contributed by atoms with E-state index in [1.54, 1.807) is 12.1 Å². The predicted molar refractivity (Wildman–Crippen MR) is 69.6 cm³/mol.